The summed E-state index contributed by atoms with van der Waals surface area (Å²) in [7, 11) is -4.38. The number of amides is 2. The fourth-order valence-electron chi connectivity index (χ4n) is 4.01. The van der Waals surface area contributed by atoms with E-state index in [0.717, 1.165) is 30.2 Å². The summed E-state index contributed by atoms with van der Waals surface area (Å²) in [5, 5.41) is 11.8. The second-order valence-corrected chi connectivity index (χ2v) is 9.49. The molecule has 2 aromatic rings. The minimum Gasteiger partial charge on any atom is -0.435 e. The highest BCUT2D eigenvalue weighted by molar-refractivity contribution is 7.89. The molecule has 4 rings (SSSR count). The maximum Gasteiger partial charge on any atom is 0.336 e. The van der Waals surface area contributed by atoms with Gasteiger partial charge in [-0.25, -0.2) is 13.9 Å². The van der Waals surface area contributed by atoms with Crippen molar-refractivity contribution in [2.24, 2.45) is 0 Å². The van der Waals surface area contributed by atoms with Gasteiger partial charge in [0.05, 0.1) is 0 Å². The number of aliphatic hydroxyl groups is 1. The number of sulfonamides is 1. The molecule has 2 amide bonds. The van der Waals surface area contributed by atoms with Crippen LogP contribution in [0.25, 0.3) is 0 Å². The third-order valence-electron chi connectivity index (χ3n) is 5.37. The number of rotatable bonds is 4. The summed E-state index contributed by atoms with van der Waals surface area (Å²) in [6, 6.07) is -0.970. The van der Waals surface area contributed by atoms with Crippen molar-refractivity contribution in [2.75, 3.05) is 5.32 Å². The fraction of sp³-hybridized carbons (Fsp3) is 0.474. The van der Waals surface area contributed by atoms with Gasteiger partial charge in [-0.05, 0) is 74.6 Å². The van der Waals surface area contributed by atoms with Gasteiger partial charge in [0.2, 0.25) is 0 Å². The number of oxazole rings is 1. The molecule has 10 heteroatoms. The molecule has 1 aromatic heterocycles. The predicted molar refractivity (Wildman–Crippen MR) is 102 cm³/mol. The van der Waals surface area contributed by atoms with Gasteiger partial charge in [-0.1, -0.05) is 0 Å². The molecule has 8 nitrogen and oxygen atoms in total. The van der Waals surface area contributed by atoms with E-state index in [9.17, 15) is 22.7 Å². The maximum absolute atomic E-state index is 14.7. The molecule has 0 saturated carbocycles. The normalized spacial score (nSPS) is 15.9. The quantitative estimate of drug-likeness (QED) is 0.695. The van der Waals surface area contributed by atoms with E-state index in [1.54, 1.807) is 0 Å². The molecule has 0 spiro atoms. The second kappa shape index (κ2) is 6.81. The number of halogens is 1. The van der Waals surface area contributed by atoms with Gasteiger partial charge in [0, 0.05) is 5.69 Å². The number of carbonyl (C=O) groups is 1. The zero-order valence-corrected chi connectivity index (χ0v) is 17.0. The summed E-state index contributed by atoms with van der Waals surface area (Å²) in [6.45, 7) is 2.86. The molecular weight excluding hydrogens is 401 g/mol. The SMILES string of the molecule is CC(C)(O)c1coc(S(=O)(=O)NC(=O)Nc2c3c(c(F)c4c2CCC4)CCC3)n1. The molecule has 0 saturated heterocycles. The first-order valence-corrected chi connectivity index (χ1v) is 10.9. The van der Waals surface area contributed by atoms with Crippen LogP contribution in [0, 0.1) is 5.82 Å². The topological polar surface area (TPSA) is 122 Å². The Labute approximate surface area is 167 Å². The number of nitrogens with one attached hydrogen (secondary N) is 2. The van der Waals surface area contributed by atoms with Gasteiger partial charge >= 0.3 is 21.3 Å². The number of fused-ring (bicyclic) bond motifs is 2. The summed E-state index contributed by atoms with van der Waals surface area (Å²) >= 11 is 0. The van der Waals surface area contributed by atoms with Gasteiger partial charge in [-0.3, -0.25) is 0 Å². The van der Waals surface area contributed by atoms with Crippen LogP contribution >= 0.6 is 0 Å². The minimum absolute atomic E-state index is 0.0208. The van der Waals surface area contributed by atoms with E-state index in [1.165, 1.54) is 13.8 Å². The van der Waals surface area contributed by atoms with E-state index in [2.05, 4.69) is 10.3 Å². The zero-order valence-electron chi connectivity index (χ0n) is 16.1. The van der Waals surface area contributed by atoms with E-state index >= 15 is 0 Å². The summed E-state index contributed by atoms with van der Waals surface area (Å²) < 4.78 is 46.4. The van der Waals surface area contributed by atoms with E-state index in [0.29, 0.717) is 42.5 Å². The minimum atomic E-state index is -4.38. The van der Waals surface area contributed by atoms with Crippen LogP contribution in [0.5, 0.6) is 0 Å². The van der Waals surface area contributed by atoms with Gasteiger partial charge in [-0.15, -0.1) is 0 Å². The molecule has 0 fully saturated rings. The lowest BCUT2D eigenvalue weighted by Crippen LogP contribution is -2.35. The Kier molecular flexibility index (Phi) is 4.66. The van der Waals surface area contributed by atoms with Crippen molar-refractivity contribution in [3.8, 4) is 0 Å². The van der Waals surface area contributed by atoms with Crippen molar-refractivity contribution in [1.82, 2.24) is 9.71 Å². The van der Waals surface area contributed by atoms with Crippen molar-refractivity contribution in [1.29, 1.82) is 0 Å². The average molecular weight is 423 g/mol. The molecule has 1 aromatic carbocycles. The van der Waals surface area contributed by atoms with Crippen LogP contribution in [0.3, 0.4) is 0 Å². The molecule has 156 valence electrons. The Bertz CT molecular complexity index is 1070. The molecule has 29 heavy (non-hydrogen) atoms. The molecule has 0 bridgehead atoms. The number of benzene rings is 1. The Hall–Kier alpha value is -2.46. The van der Waals surface area contributed by atoms with Crippen LogP contribution in [-0.2, 0) is 41.3 Å². The molecule has 0 aliphatic heterocycles. The van der Waals surface area contributed by atoms with E-state index < -0.39 is 26.9 Å². The monoisotopic (exact) mass is 423 g/mol. The highest BCUT2D eigenvalue weighted by atomic mass is 32.2. The molecule has 1 heterocycles. The third-order valence-corrected chi connectivity index (χ3v) is 6.48. The summed E-state index contributed by atoms with van der Waals surface area (Å²) in [4.78, 5) is 16.2. The summed E-state index contributed by atoms with van der Waals surface area (Å²) in [5.41, 5.74) is 1.87. The highest BCUT2D eigenvalue weighted by Crippen LogP contribution is 2.40. The number of anilines is 1. The molecular formula is C19H22FN3O5S. The first kappa shape index (κ1) is 19.8. The first-order valence-electron chi connectivity index (χ1n) is 9.45. The lowest BCUT2D eigenvalue weighted by atomic mass is 9.98. The Morgan fingerprint density at radius 2 is 1.69 bits per heavy atom. The van der Waals surface area contributed by atoms with Gasteiger partial charge in [0.15, 0.2) is 0 Å². The number of hydrogen-bond donors (Lipinski definition) is 3. The van der Waals surface area contributed by atoms with Gasteiger partial charge in [-0.2, -0.15) is 13.4 Å². The summed E-state index contributed by atoms with van der Waals surface area (Å²) in [5.74, 6) is -0.178. The fourth-order valence-corrected chi connectivity index (χ4v) is 4.78. The van der Waals surface area contributed by atoms with Crippen molar-refractivity contribution in [3.05, 3.63) is 40.0 Å². The van der Waals surface area contributed by atoms with Crippen LogP contribution in [-0.4, -0.2) is 24.5 Å². The zero-order chi connectivity index (χ0) is 21.0. The number of carbonyl (C=O) groups excluding carboxylic acids is 1. The van der Waals surface area contributed by atoms with E-state index in [1.807, 2.05) is 4.72 Å². The van der Waals surface area contributed by atoms with Crippen molar-refractivity contribution in [2.45, 2.75) is 63.2 Å². The highest BCUT2D eigenvalue weighted by Gasteiger charge is 2.32. The average Bonchev–Trinajstić information content (AvgIpc) is 3.37. The van der Waals surface area contributed by atoms with Gasteiger partial charge in [0.25, 0.3) is 0 Å². The van der Waals surface area contributed by atoms with Gasteiger partial charge in [0.1, 0.15) is 23.4 Å². The summed E-state index contributed by atoms with van der Waals surface area (Å²) in [6.07, 6.45) is 5.09. The molecule has 2 aliphatic rings. The molecule has 0 atom stereocenters. The van der Waals surface area contributed by atoms with Crippen LogP contribution in [0.4, 0.5) is 14.9 Å². The standard InChI is InChI=1S/C19H22FN3O5S/c1-19(2,25)14-9-28-18(21-14)29(26,27)23-17(24)22-16-12-7-3-5-10(12)15(20)11-6-4-8-13(11)16/h9,25H,3-8H2,1-2H3,(H2,22,23,24). The largest absolute Gasteiger partial charge is 0.435 e. The lowest BCUT2D eigenvalue weighted by molar-refractivity contribution is 0.0736. The van der Waals surface area contributed by atoms with Crippen molar-refractivity contribution >= 4 is 21.7 Å². The smallest absolute Gasteiger partial charge is 0.336 e. The Morgan fingerprint density at radius 1 is 1.14 bits per heavy atom. The number of aromatic nitrogens is 1. The molecule has 2 aliphatic carbocycles. The van der Waals surface area contributed by atoms with E-state index in [-0.39, 0.29) is 11.5 Å². The lowest BCUT2D eigenvalue weighted by Gasteiger charge is -2.17. The van der Waals surface area contributed by atoms with E-state index in [4.69, 9.17) is 4.42 Å². The third kappa shape index (κ3) is 3.51. The number of hydrogen-bond acceptors (Lipinski definition) is 6. The van der Waals surface area contributed by atoms with Crippen LogP contribution in [0.2, 0.25) is 0 Å². The Balaban J connectivity index is 1.59. The maximum atomic E-state index is 14.7. The van der Waals surface area contributed by atoms with Crippen LogP contribution in [0.15, 0.2) is 15.9 Å². The van der Waals surface area contributed by atoms with Gasteiger partial charge < -0.3 is 14.8 Å². The predicted octanol–water partition coefficient (Wildman–Crippen LogP) is 2.53. The van der Waals surface area contributed by atoms with Crippen molar-refractivity contribution < 1.29 is 27.1 Å². The van der Waals surface area contributed by atoms with Crippen LogP contribution in [0.1, 0.15) is 54.6 Å². The Morgan fingerprint density at radius 3 is 2.21 bits per heavy atom. The number of nitrogens with zero attached hydrogens (tertiary/aromatic N) is 1. The first-order chi connectivity index (χ1) is 13.6. The molecule has 3 N–H and O–H groups in total. The molecule has 0 unspecified atom stereocenters. The van der Waals surface area contributed by atoms with Crippen LogP contribution < -0.4 is 10.0 Å². The number of urea groups is 1. The second-order valence-electron chi connectivity index (χ2n) is 7.93. The molecule has 0 radical (unpaired) electrons. The van der Waals surface area contributed by atoms with Crippen molar-refractivity contribution in [3.63, 3.8) is 0 Å².